The van der Waals surface area contributed by atoms with E-state index in [9.17, 15) is 18.3 Å². The number of nitrogens with zero attached hydrogens (tertiary/aromatic N) is 4. The van der Waals surface area contributed by atoms with Crippen LogP contribution in [0.5, 0.6) is 5.75 Å². The van der Waals surface area contributed by atoms with E-state index in [0.717, 1.165) is 16.6 Å². The van der Waals surface area contributed by atoms with Gasteiger partial charge in [0.15, 0.2) is 0 Å². The smallest absolute Gasteiger partial charge is 0.310 e. The van der Waals surface area contributed by atoms with Gasteiger partial charge in [-0.15, -0.1) is 5.10 Å². The number of benzene rings is 3. The lowest BCUT2D eigenvalue weighted by Gasteiger charge is -2.33. The third-order valence-corrected chi connectivity index (χ3v) is 10.3. The summed E-state index contributed by atoms with van der Waals surface area (Å²) in [5, 5.41) is 19.1. The lowest BCUT2D eigenvalue weighted by Crippen LogP contribution is -2.36. The molecule has 5 rings (SSSR count). The first-order valence-corrected chi connectivity index (χ1v) is 15.2. The Bertz CT molecular complexity index is 1750. The van der Waals surface area contributed by atoms with Gasteiger partial charge in [0, 0.05) is 24.5 Å². The molecule has 0 radical (unpaired) electrons. The zero-order valence-electron chi connectivity index (χ0n) is 23.6. The number of halogens is 1. The minimum atomic E-state index is -3.90. The first-order chi connectivity index (χ1) is 19.4. The highest BCUT2D eigenvalue weighted by molar-refractivity contribution is 7.89. The van der Waals surface area contributed by atoms with Crippen LogP contribution in [0.2, 0.25) is 5.02 Å². The Morgan fingerprint density at radius 3 is 2.63 bits per heavy atom. The van der Waals surface area contributed by atoms with Crippen molar-refractivity contribution in [2.24, 2.45) is 12.5 Å². The fourth-order valence-corrected chi connectivity index (χ4v) is 7.31. The van der Waals surface area contributed by atoms with Crippen molar-refractivity contribution in [1.29, 1.82) is 0 Å². The molecule has 0 amide bonds. The van der Waals surface area contributed by atoms with Crippen molar-refractivity contribution in [2.75, 3.05) is 6.54 Å². The number of fused-ring (bicyclic) bond motifs is 2. The van der Waals surface area contributed by atoms with Gasteiger partial charge in [-0.25, -0.2) is 13.1 Å². The topological polar surface area (TPSA) is 115 Å². The van der Waals surface area contributed by atoms with E-state index in [4.69, 9.17) is 16.3 Å². The zero-order valence-corrected chi connectivity index (χ0v) is 25.2. The second-order valence-corrected chi connectivity index (χ2v) is 13.4. The van der Waals surface area contributed by atoms with Crippen molar-refractivity contribution in [3.8, 4) is 5.75 Å². The fourth-order valence-electron chi connectivity index (χ4n) is 5.56. The van der Waals surface area contributed by atoms with Crippen LogP contribution in [0.15, 0.2) is 59.5 Å². The number of hydrogen-bond acceptors (Lipinski definition) is 6. The van der Waals surface area contributed by atoms with E-state index in [0.29, 0.717) is 33.8 Å². The summed E-state index contributed by atoms with van der Waals surface area (Å²) in [6.45, 7) is 7.40. The van der Waals surface area contributed by atoms with Gasteiger partial charge < -0.3 is 9.84 Å². The van der Waals surface area contributed by atoms with Crippen molar-refractivity contribution < 1.29 is 23.1 Å². The van der Waals surface area contributed by atoms with Crippen LogP contribution in [-0.4, -0.2) is 51.4 Å². The predicted octanol–water partition coefficient (Wildman–Crippen LogP) is 5.53. The van der Waals surface area contributed by atoms with E-state index in [1.54, 1.807) is 48.9 Å². The van der Waals surface area contributed by atoms with Gasteiger partial charge in [0.1, 0.15) is 22.3 Å². The maximum atomic E-state index is 13.8. The molecule has 1 aliphatic rings. The van der Waals surface area contributed by atoms with E-state index >= 15 is 0 Å². The van der Waals surface area contributed by atoms with Gasteiger partial charge in [-0.1, -0.05) is 54.1 Å². The van der Waals surface area contributed by atoms with Crippen LogP contribution in [0, 0.1) is 12.3 Å². The summed E-state index contributed by atoms with van der Waals surface area (Å²) in [4.78, 5) is 12.7. The van der Waals surface area contributed by atoms with Gasteiger partial charge in [0.05, 0.1) is 17.5 Å². The molecule has 0 unspecified atom stereocenters. The quantitative estimate of drug-likeness (QED) is 0.298. The van der Waals surface area contributed by atoms with Crippen LogP contribution in [0.25, 0.3) is 11.0 Å². The van der Waals surface area contributed by atoms with Crippen molar-refractivity contribution in [2.45, 2.75) is 57.6 Å². The molecule has 0 aliphatic carbocycles. The third-order valence-electron chi connectivity index (χ3n) is 8.04. The van der Waals surface area contributed by atoms with E-state index < -0.39 is 27.3 Å². The standard InChI is InChI=1S/C30H33ClN4O5S/c1-6-21-17-35(41(38,39)26-10-8-7-9-25(26)40-21)16-20-15-19(11-13-23(20)31)27(30(3,4)29(36)37)22-12-14-24-28(18(22)2)32-33-34(24)5/h7-15,21,27H,6,16-17H2,1-5H3,(H,36,37)/t21-,27+/m1/s1. The summed E-state index contributed by atoms with van der Waals surface area (Å²) >= 11 is 6.67. The normalized spacial score (nSPS) is 18.0. The molecular weight excluding hydrogens is 564 g/mol. The number of sulfonamides is 1. The maximum Gasteiger partial charge on any atom is 0.310 e. The van der Waals surface area contributed by atoms with Crippen molar-refractivity contribution in [3.05, 3.63) is 81.9 Å². The number of aryl methyl sites for hydroxylation is 2. The Morgan fingerprint density at radius 2 is 1.93 bits per heavy atom. The number of aliphatic carboxylic acids is 1. The number of aromatic nitrogens is 3. The second-order valence-electron chi connectivity index (χ2n) is 11.1. The van der Waals surface area contributed by atoms with Crippen LogP contribution >= 0.6 is 11.6 Å². The Hall–Kier alpha value is -3.47. The number of hydrogen-bond donors (Lipinski definition) is 1. The number of rotatable bonds is 7. The lowest BCUT2D eigenvalue weighted by atomic mass is 9.70. The van der Waals surface area contributed by atoms with Crippen molar-refractivity contribution >= 4 is 38.6 Å². The minimum Gasteiger partial charge on any atom is -0.488 e. The molecule has 0 bridgehead atoms. The number of ether oxygens (including phenoxy) is 1. The van der Waals surface area contributed by atoms with Gasteiger partial charge in [0.2, 0.25) is 10.0 Å². The van der Waals surface area contributed by atoms with E-state index in [1.165, 1.54) is 4.31 Å². The van der Waals surface area contributed by atoms with Gasteiger partial charge in [0.25, 0.3) is 0 Å². The highest BCUT2D eigenvalue weighted by atomic mass is 35.5. The number of para-hydroxylation sites is 1. The molecule has 1 aliphatic heterocycles. The molecule has 41 heavy (non-hydrogen) atoms. The van der Waals surface area contributed by atoms with Gasteiger partial charge >= 0.3 is 5.97 Å². The maximum absolute atomic E-state index is 13.8. The van der Waals surface area contributed by atoms with Crippen LogP contribution < -0.4 is 4.74 Å². The number of carboxylic acids is 1. The molecule has 1 aromatic heterocycles. The first kappa shape index (κ1) is 29.0. The molecule has 2 heterocycles. The molecule has 0 saturated heterocycles. The van der Waals surface area contributed by atoms with Crippen LogP contribution in [0.1, 0.15) is 55.4 Å². The summed E-state index contributed by atoms with van der Waals surface area (Å²) in [6.07, 6.45) is 0.281. The number of carbonyl (C=O) groups is 1. The van der Waals surface area contributed by atoms with Crippen LogP contribution in [0.4, 0.5) is 0 Å². The SMILES string of the molecule is CC[C@@H]1CN(Cc2cc([C@@H](c3ccc4c(nnn4C)c3C)C(C)(C)C(=O)O)ccc2Cl)S(=O)(=O)c2ccccc2O1. The van der Waals surface area contributed by atoms with Crippen LogP contribution in [-0.2, 0) is 28.4 Å². The molecule has 2 atom stereocenters. The molecule has 1 N–H and O–H groups in total. The molecule has 216 valence electrons. The Morgan fingerprint density at radius 1 is 1.20 bits per heavy atom. The molecule has 0 saturated carbocycles. The van der Waals surface area contributed by atoms with E-state index in [2.05, 4.69) is 10.3 Å². The number of carboxylic acid groups (broad SMARTS) is 1. The fraction of sp³-hybridized carbons (Fsp3) is 0.367. The molecule has 9 nitrogen and oxygen atoms in total. The summed E-state index contributed by atoms with van der Waals surface area (Å²) in [5.74, 6) is -1.22. The third kappa shape index (κ3) is 5.09. The molecule has 4 aromatic rings. The van der Waals surface area contributed by atoms with E-state index in [1.807, 2.05) is 45.2 Å². The largest absolute Gasteiger partial charge is 0.488 e. The summed E-state index contributed by atoms with van der Waals surface area (Å²) in [5.41, 5.74) is 3.24. The Balaban J connectivity index is 1.62. The van der Waals surface area contributed by atoms with E-state index in [-0.39, 0.29) is 24.1 Å². The Kier molecular flexibility index (Phi) is 7.61. The second kappa shape index (κ2) is 10.7. The van der Waals surface area contributed by atoms with Gasteiger partial charge in [-0.05, 0) is 73.7 Å². The molecule has 3 aromatic carbocycles. The van der Waals surface area contributed by atoms with Crippen molar-refractivity contribution in [3.63, 3.8) is 0 Å². The average molecular weight is 597 g/mol. The monoisotopic (exact) mass is 596 g/mol. The molecule has 0 spiro atoms. The summed E-state index contributed by atoms with van der Waals surface area (Å²) in [7, 11) is -2.09. The molecule has 0 fully saturated rings. The predicted molar refractivity (Wildman–Crippen MR) is 157 cm³/mol. The van der Waals surface area contributed by atoms with Crippen LogP contribution in [0.3, 0.4) is 0 Å². The molecule has 11 heteroatoms. The van der Waals surface area contributed by atoms with Gasteiger partial charge in [-0.2, -0.15) is 4.31 Å². The molecular formula is C30H33ClN4O5S. The highest BCUT2D eigenvalue weighted by Gasteiger charge is 2.41. The zero-order chi connectivity index (χ0) is 29.7. The van der Waals surface area contributed by atoms with Crippen molar-refractivity contribution in [1.82, 2.24) is 19.3 Å². The lowest BCUT2D eigenvalue weighted by molar-refractivity contribution is -0.147. The highest BCUT2D eigenvalue weighted by Crippen LogP contribution is 2.44. The summed E-state index contributed by atoms with van der Waals surface area (Å²) < 4.78 is 36.7. The minimum absolute atomic E-state index is 0.00555. The summed E-state index contributed by atoms with van der Waals surface area (Å²) in [6, 6.07) is 15.8. The van der Waals surface area contributed by atoms with Gasteiger partial charge in [-0.3, -0.25) is 4.79 Å². The Labute approximate surface area is 244 Å². The average Bonchev–Trinajstić information content (AvgIpc) is 3.27. The first-order valence-electron chi connectivity index (χ1n) is 13.4.